The van der Waals surface area contributed by atoms with Crippen LogP contribution in [0.2, 0.25) is 0 Å². The number of furan rings is 1. The molecule has 0 saturated heterocycles. The van der Waals surface area contributed by atoms with Crippen molar-refractivity contribution in [2.75, 3.05) is 12.4 Å². The zero-order chi connectivity index (χ0) is 13.8. The zero-order valence-electron chi connectivity index (χ0n) is 10.7. The minimum Gasteiger partial charge on any atom is -0.496 e. The lowest BCUT2D eigenvalue weighted by molar-refractivity contribution is -0.384. The summed E-state index contributed by atoms with van der Waals surface area (Å²) in [6.07, 6.45) is 0. The van der Waals surface area contributed by atoms with Crippen molar-refractivity contribution in [2.45, 2.75) is 13.5 Å². The largest absolute Gasteiger partial charge is 0.496 e. The standard InChI is InChI=1S/C13H14N2O4/c1-9-3-4-12(19-9)8-14-10-5-11(15(16)17)7-13(6-10)18-2/h3-7,14H,8H2,1-2H3. The van der Waals surface area contributed by atoms with Crippen LogP contribution in [-0.2, 0) is 6.54 Å². The number of nitro groups is 1. The van der Waals surface area contributed by atoms with Gasteiger partial charge in [-0.05, 0) is 19.1 Å². The average Bonchev–Trinajstić information content (AvgIpc) is 2.81. The topological polar surface area (TPSA) is 77.5 Å². The first-order valence-electron chi connectivity index (χ1n) is 5.71. The van der Waals surface area contributed by atoms with Gasteiger partial charge in [0.2, 0.25) is 0 Å². The smallest absolute Gasteiger partial charge is 0.275 e. The van der Waals surface area contributed by atoms with E-state index in [1.807, 2.05) is 19.1 Å². The molecule has 0 unspecified atom stereocenters. The van der Waals surface area contributed by atoms with Crippen molar-refractivity contribution < 1.29 is 14.1 Å². The Morgan fingerprint density at radius 1 is 1.37 bits per heavy atom. The molecule has 0 amide bonds. The summed E-state index contributed by atoms with van der Waals surface area (Å²) in [5.74, 6) is 2.03. The molecule has 6 heteroatoms. The van der Waals surface area contributed by atoms with Crippen molar-refractivity contribution in [1.82, 2.24) is 0 Å². The fraction of sp³-hybridized carbons (Fsp3) is 0.231. The third-order valence-corrected chi connectivity index (χ3v) is 2.60. The van der Waals surface area contributed by atoms with E-state index in [2.05, 4.69) is 5.32 Å². The van der Waals surface area contributed by atoms with Crippen molar-refractivity contribution >= 4 is 11.4 Å². The van der Waals surface area contributed by atoms with Crippen LogP contribution in [0.3, 0.4) is 0 Å². The number of hydrogen-bond donors (Lipinski definition) is 1. The van der Waals surface area contributed by atoms with Gasteiger partial charge in [0.05, 0.1) is 24.6 Å². The molecule has 0 aliphatic carbocycles. The number of hydrogen-bond acceptors (Lipinski definition) is 5. The molecule has 6 nitrogen and oxygen atoms in total. The van der Waals surface area contributed by atoms with E-state index in [4.69, 9.17) is 9.15 Å². The van der Waals surface area contributed by atoms with E-state index in [9.17, 15) is 10.1 Å². The number of ether oxygens (including phenoxy) is 1. The highest BCUT2D eigenvalue weighted by molar-refractivity contribution is 5.56. The minimum atomic E-state index is -0.454. The summed E-state index contributed by atoms with van der Waals surface area (Å²) in [6, 6.07) is 8.26. The molecule has 1 aromatic heterocycles. The molecule has 1 heterocycles. The Balaban J connectivity index is 2.15. The first-order chi connectivity index (χ1) is 9.08. The van der Waals surface area contributed by atoms with Gasteiger partial charge in [0.25, 0.3) is 5.69 Å². The number of nitrogens with one attached hydrogen (secondary N) is 1. The molecule has 0 fully saturated rings. The van der Waals surface area contributed by atoms with Crippen LogP contribution in [0, 0.1) is 17.0 Å². The van der Waals surface area contributed by atoms with E-state index in [0.717, 1.165) is 11.5 Å². The van der Waals surface area contributed by atoms with Crippen molar-refractivity contribution in [2.24, 2.45) is 0 Å². The van der Waals surface area contributed by atoms with E-state index >= 15 is 0 Å². The number of methoxy groups -OCH3 is 1. The van der Waals surface area contributed by atoms with Crippen LogP contribution in [0.5, 0.6) is 5.75 Å². The lowest BCUT2D eigenvalue weighted by atomic mass is 10.2. The summed E-state index contributed by atoms with van der Waals surface area (Å²) >= 11 is 0. The van der Waals surface area contributed by atoms with Gasteiger partial charge in [0.1, 0.15) is 17.3 Å². The zero-order valence-corrected chi connectivity index (χ0v) is 10.7. The number of non-ortho nitro benzene ring substituents is 1. The lowest BCUT2D eigenvalue weighted by Crippen LogP contribution is -2.00. The van der Waals surface area contributed by atoms with E-state index in [0.29, 0.717) is 18.0 Å². The summed E-state index contributed by atoms with van der Waals surface area (Å²) in [7, 11) is 1.47. The van der Waals surface area contributed by atoms with Gasteiger partial charge < -0.3 is 14.5 Å². The Morgan fingerprint density at radius 3 is 2.74 bits per heavy atom. The molecule has 1 N–H and O–H groups in total. The summed E-state index contributed by atoms with van der Waals surface area (Å²) < 4.78 is 10.4. The Morgan fingerprint density at radius 2 is 2.16 bits per heavy atom. The third-order valence-electron chi connectivity index (χ3n) is 2.60. The number of benzene rings is 1. The molecule has 19 heavy (non-hydrogen) atoms. The Kier molecular flexibility index (Phi) is 3.70. The number of anilines is 1. The highest BCUT2D eigenvalue weighted by atomic mass is 16.6. The van der Waals surface area contributed by atoms with E-state index in [-0.39, 0.29) is 5.69 Å². The maximum absolute atomic E-state index is 10.8. The molecular weight excluding hydrogens is 248 g/mol. The van der Waals surface area contributed by atoms with Crippen LogP contribution in [0.4, 0.5) is 11.4 Å². The van der Waals surface area contributed by atoms with Gasteiger partial charge in [0.15, 0.2) is 0 Å². The molecule has 0 aliphatic heterocycles. The van der Waals surface area contributed by atoms with E-state index in [1.165, 1.54) is 19.2 Å². The van der Waals surface area contributed by atoms with Crippen molar-refractivity contribution in [1.29, 1.82) is 0 Å². The van der Waals surface area contributed by atoms with Crippen molar-refractivity contribution in [3.8, 4) is 5.75 Å². The first kappa shape index (κ1) is 12.9. The minimum absolute atomic E-state index is 0.0162. The van der Waals surface area contributed by atoms with Crippen LogP contribution < -0.4 is 10.1 Å². The molecule has 100 valence electrons. The summed E-state index contributed by atoms with van der Waals surface area (Å²) in [6.45, 7) is 2.32. The molecular formula is C13H14N2O4. The van der Waals surface area contributed by atoms with Crippen LogP contribution in [0.1, 0.15) is 11.5 Å². The molecule has 0 bridgehead atoms. The van der Waals surface area contributed by atoms with Crippen molar-refractivity contribution in [3.05, 3.63) is 52.0 Å². The van der Waals surface area contributed by atoms with Gasteiger partial charge in [-0.1, -0.05) is 0 Å². The monoisotopic (exact) mass is 262 g/mol. The second-order valence-electron chi connectivity index (χ2n) is 4.04. The van der Waals surface area contributed by atoms with Gasteiger partial charge in [-0.3, -0.25) is 10.1 Å². The Bertz CT molecular complexity index is 592. The van der Waals surface area contributed by atoms with Crippen LogP contribution in [-0.4, -0.2) is 12.0 Å². The van der Waals surface area contributed by atoms with Crippen LogP contribution in [0.15, 0.2) is 34.7 Å². The molecule has 0 saturated carbocycles. The lowest BCUT2D eigenvalue weighted by Gasteiger charge is -2.07. The summed E-state index contributed by atoms with van der Waals surface area (Å²) in [5.41, 5.74) is 0.595. The highest BCUT2D eigenvalue weighted by Crippen LogP contribution is 2.26. The van der Waals surface area contributed by atoms with E-state index in [1.54, 1.807) is 6.07 Å². The maximum Gasteiger partial charge on any atom is 0.275 e. The number of rotatable bonds is 5. The first-order valence-corrected chi connectivity index (χ1v) is 5.71. The maximum atomic E-state index is 10.8. The molecule has 0 spiro atoms. The number of nitrogens with zero attached hydrogens (tertiary/aromatic N) is 1. The van der Waals surface area contributed by atoms with Crippen LogP contribution >= 0.6 is 0 Å². The summed E-state index contributed by atoms with van der Waals surface area (Å²) in [5, 5.41) is 13.9. The van der Waals surface area contributed by atoms with Crippen LogP contribution in [0.25, 0.3) is 0 Å². The fourth-order valence-corrected chi connectivity index (χ4v) is 1.68. The molecule has 1 aromatic carbocycles. The molecule has 2 aromatic rings. The van der Waals surface area contributed by atoms with Crippen molar-refractivity contribution in [3.63, 3.8) is 0 Å². The third kappa shape index (κ3) is 3.25. The highest BCUT2D eigenvalue weighted by Gasteiger charge is 2.10. The SMILES string of the molecule is COc1cc(NCc2ccc(C)o2)cc([N+](=O)[O-])c1. The average molecular weight is 262 g/mol. The Labute approximate surface area is 110 Å². The molecule has 2 rings (SSSR count). The fourth-order valence-electron chi connectivity index (χ4n) is 1.68. The molecule has 0 radical (unpaired) electrons. The quantitative estimate of drug-likeness (QED) is 0.661. The second kappa shape index (κ2) is 5.43. The second-order valence-corrected chi connectivity index (χ2v) is 4.04. The summed E-state index contributed by atoms with van der Waals surface area (Å²) in [4.78, 5) is 10.3. The predicted molar refractivity (Wildman–Crippen MR) is 70.4 cm³/mol. The van der Waals surface area contributed by atoms with Gasteiger partial charge in [-0.2, -0.15) is 0 Å². The normalized spacial score (nSPS) is 10.2. The van der Waals surface area contributed by atoms with Gasteiger partial charge in [-0.15, -0.1) is 0 Å². The molecule has 0 atom stereocenters. The predicted octanol–water partition coefficient (Wildman–Crippen LogP) is 3.12. The Hall–Kier alpha value is -2.50. The van der Waals surface area contributed by atoms with Gasteiger partial charge in [-0.25, -0.2) is 0 Å². The van der Waals surface area contributed by atoms with Gasteiger partial charge in [0, 0.05) is 17.8 Å². The number of aryl methyl sites for hydroxylation is 1. The molecule has 0 aliphatic rings. The van der Waals surface area contributed by atoms with Gasteiger partial charge >= 0.3 is 0 Å². The number of nitro benzene ring substituents is 1. The van der Waals surface area contributed by atoms with E-state index < -0.39 is 4.92 Å².